The zero-order valence-corrected chi connectivity index (χ0v) is 12.9. The lowest BCUT2D eigenvalue weighted by Gasteiger charge is -2.39. The zero-order chi connectivity index (χ0) is 14.4. The quantitative estimate of drug-likeness (QED) is 0.833. The van der Waals surface area contributed by atoms with Gasteiger partial charge in [0.2, 0.25) is 11.8 Å². The van der Waals surface area contributed by atoms with Crippen LogP contribution in [-0.4, -0.2) is 45.7 Å². The summed E-state index contributed by atoms with van der Waals surface area (Å²) in [4.78, 5) is 33.8. The van der Waals surface area contributed by atoms with Crippen molar-refractivity contribution in [2.75, 3.05) is 13.1 Å². The van der Waals surface area contributed by atoms with E-state index < -0.39 is 0 Å². The Labute approximate surface area is 122 Å². The van der Waals surface area contributed by atoms with Crippen LogP contribution in [0.25, 0.3) is 0 Å². The zero-order valence-electron chi connectivity index (χ0n) is 12.0. The van der Waals surface area contributed by atoms with E-state index in [1.165, 1.54) is 0 Å². The SMILES string of the molecule is Cc1nc(C)c(C(C)N2CC(=O)N3CCCC3C2=O)s1. The van der Waals surface area contributed by atoms with Crippen molar-refractivity contribution in [2.45, 2.75) is 45.7 Å². The van der Waals surface area contributed by atoms with Gasteiger partial charge in [-0.05, 0) is 33.6 Å². The fraction of sp³-hybridized carbons (Fsp3) is 0.643. The number of aromatic nitrogens is 1. The fourth-order valence-electron chi connectivity index (χ4n) is 3.23. The minimum Gasteiger partial charge on any atom is -0.329 e. The van der Waals surface area contributed by atoms with Gasteiger partial charge in [-0.15, -0.1) is 11.3 Å². The van der Waals surface area contributed by atoms with Gasteiger partial charge in [-0.3, -0.25) is 9.59 Å². The summed E-state index contributed by atoms with van der Waals surface area (Å²) in [5.41, 5.74) is 0.967. The predicted octanol–water partition coefficient (Wildman–Crippen LogP) is 1.65. The Bertz CT molecular complexity index is 569. The smallest absolute Gasteiger partial charge is 0.246 e. The molecule has 2 atom stereocenters. The predicted molar refractivity (Wildman–Crippen MR) is 76.5 cm³/mol. The summed E-state index contributed by atoms with van der Waals surface area (Å²) in [6.07, 6.45) is 1.73. The molecule has 0 bridgehead atoms. The van der Waals surface area contributed by atoms with Gasteiger partial charge >= 0.3 is 0 Å². The molecule has 3 heterocycles. The summed E-state index contributed by atoms with van der Waals surface area (Å²) in [5.74, 6) is 0.179. The summed E-state index contributed by atoms with van der Waals surface area (Å²) in [5, 5.41) is 1.00. The first-order valence-electron chi connectivity index (χ1n) is 7.03. The van der Waals surface area contributed by atoms with Crippen LogP contribution in [0.15, 0.2) is 0 Å². The minimum atomic E-state index is -0.229. The van der Waals surface area contributed by atoms with E-state index in [4.69, 9.17) is 0 Å². The molecule has 20 heavy (non-hydrogen) atoms. The Morgan fingerprint density at radius 1 is 1.35 bits per heavy atom. The first-order valence-corrected chi connectivity index (χ1v) is 7.84. The van der Waals surface area contributed by atoms with Crippen molar-refractivity contribution in [2.24, 2.45) is 0 Å². The third kappa shape index (κ3) is 2.02. The second-order valence-corrected chi connectivity index (χ2v) is 6.80. The summed E-state index contributed by atoms with van der Waals surface area (Å²) in [7, 11) is 0. The second-order valence-electron chi connectivity index (χ2n) is 5.57. The van der Waals surface area contributed by atoms with Crippen LogP contribution in [-0.2, 0) is 9.59 Å². The maximum Gasteiger partial charge on any atom is 0.246 e. The van der Waals surface area contributed by atoms with Crippen LogP contribution in [0.1, 0.15) is 41.4 Å². The van der Waals surface area contributed by atoms with Crippen molar-refractivity contribution in [1.82, 2.24) is 14.8 Å². The standard InChI is InChI=1S/C14H19N3O2S/c1-8-13(20-10(3)15-8)9(2)17-7-12(18)16-6-4-5-11(16)14(17)19/h9,11H,4-7H2,1-3H3. The van der Waals surface area contributed by atoms with Crippen molar-refractivity contribution in [3.63, 3.8) is 0 Å². The number of hydrogen-bond donors (Lipinski definition) is 0. The van der Waals surface area contributed by atoms with Crippen LogP contribution in [0.3, 0.4) is 0 Å². The van der Waals surface area contributed by atoms with E-state index in [0.29, 0.717) is 0 Å². The van der Waals surface area contributed by atoms with Crippen LogP contribution >= 0.6 is 11.3 Å². The molecule has 0 aliphatic carbocycles. The Hall–Kier alpha value is -1.43. The number of rotatable bonds is 2. The number of aryl methyl sites for hydroxylation is 2. The lowest BCUT2D eigenvalue weighted by Crippen LogP contribution is -2.57. The number of nitrogens with zero attached hydrogens (tertiary/aromatic N) is 3. The molecule has 2 saturated heterocycles. The molecule has 0 N–H and O–H groups in total. The molecule has 108 valence electrons. The number of carbonyl (C=O) groups is 2. The van der Waals surface area contributed by atoms with Gasteiger partial charge in [-0.2, -0.15) is 0 Å². The van der Waals surface area contributed by atoms with Gasteiger partial charge < -0.3 is 9.80 Å². The van der Waals surface area contributed by atoms with Crippen LogP contribution in [0, 0.1) is 13.8 Å². The van der Waals surface area contributed by atoms with Crippen LogP contribution < -0.4 is 0 Å². The van der Waals surface area contributed by atoms with Gasteiger partial charge in [0.15, 0.2) is 0 Å². The topological polar surface area (TPSA) is 53.5 Å². The van der Waals surface area contributed by atoms with Gasteiger partial charge in [-0.25, -0.2) is 4.98 Å². The normalized spacial score (nSPS) is 24.2. The molecule has 2 aliphatic rings. The Balaban J connectivity index is 1.88. The summed E-state index contributed by atoms with van der Waals surface area (Å²) < 4.78 is 0. The van der Waals surface area contributed by atoms with E-state index in [1.807, 2.05) is 20.8 Å². The highest BCUT2D eigenvalue weighted by molar-refractivity contribution is 7.11. The summed E-state index contributed by atoms with van der Waals surface area (Å²) in [6, 6.07) is -0.298. The highest BCUT2D eigenvalue weighted by Gasteiger charge is 2.43. The largest absolute Gasteiger partial charge is 0.329 e. The average Bonchev–Trinajstić information content (AvgIpc) is 3.00. The van der Waals surface area contributed by atoms with Crippen molar-refractivity contribution in [3.05, 3.63) is 15.6 Å². The van der Waals surface area contributed by atoms with E-state index in [-0.39, 0.29) is 30.4 Å². The molecule has 1 aromatic rings. The Kier molecular flexibility index (Phi) is 3.28. The van der Waals surface area contributed by atoms with Crippen molar-refractivity contribution in [1.29, 1.82) is 0 Å². The number of thiazole rings is 1. The molecule has 0 radical (unpaired) electrons. The van der Waals surface area contributed by atoms with E-state index >= 15 is 0 Å². The molecule has 2 amide bonds. The number of hydrogen-bond acceptors (Lipinski definition) is 4. The number of carbonyl (C=O) groups excluding carboxylic acids is 2. The minimum absolute atomic E-state index is 0.0691. The molecular formula is C14H19N3O2S. The number of amides is 2. The van der Waals surface area contributed by atoms with E-state index in [9.17, 15) is 9.59 Å². The third-order valence-corrected chi connectivity index (χ3v) is 5.48. The average molecular weight is 293 g/mol. The first kappa shape index (κ1) is 13.5. The van der Waals surface area contributed by atoms with E-state index in [2.05, 4.69) is 4.98 Å². The van der Waals surface area contributed by atoms with Crippen molar-refractivity contribution in [3.8, 4) is 0 Å². The van der Waals surface area contributed by atoms with Crippen LogP contribution in [0.4, 0.5) is 0 Å². The molecule has 6 heteroatoms. The van der Waals surface area contributed by atoms with Gasteiger partial charge in [0.1, 0.15) is 12.6 Å². The highest BCUT2D eigenvalue weighted by Crippen LogP contribution is 2.33. The summed E-state index contributed by atoms with van der Waals surface area (Å²) >= 11 is 1.61. The monoisotopic (exact) mass is 293 g/mol. The lowest BCUT2D eigenvalue weighted by molar-refractivity contribution is -0.155. The van der Waals surface area contributed by atoms with E-state index in [0.717, 1.165) is 35.0 Å². The van der Waals surface area contributed by atoms with Gasteiger partial charge in [-0.1, -0.05) is 0 Å². The van der Waals surface area contributed by atoms with Crippen molar-refractivity contribution < 1.29 is 9.59 Å². The molecule has 0 spiro atoms. The molecule has 1 aromatic heterocycles. The molecule has 3 rings (SSSR count). The first-order chi connectivity index (χ1) is 9.49. The van der Waals surface area contributed by atoms with Crippen LogP contribution in [0.2, 0.25) is 0 Å². The van der Waals surface area contributed by atoms with Crippen molar-refractivity contribution >= 4 is 23.2 Å². The molecule has 5 nitrogen and oxygen atoms in total. The fourth-order valence-corrected chi connectivity index (χ4v) is 4.22. The lowest BCUT2D eigenvalue weighted by atomic mass is 10.1. The molecule has 2 fully saturated rings. The molecule has 0 saturated carbocycles. The van der Waals surface area contributed by atoms with Gasteiger partial charge in [0, 0.05) is 11.4 Å². The molecule has 0 aromatic carbocycles. The maximum atomic E-state index is 12.6. The third-order valence-electron chi connectivity index (χ3n) is 4.23. The summed E-state index contributed by atoms with van der Waals surface area (Å²) in [6.45, 7) is 6.86. The maximum absolute atomic E-state index is 12.6. The number of piperazine rings is 1. The Morgan fingerprint density at radius 2 is 2.10 bits per heavy atom. The highest BCUT2D eigenvalue weighted by atomic mass is 32.1. The Morgan fingerprint density at radius 3 is 2.75 bits per heavy atom. The molecular weight excluding hydrogens is 274 g/mol. The molecule has 2 unspecified atom stereocenters. The van der Waals surface area contributed by atoms with Gasteiger partial charge in [0.25, 0.3) is 0 Å². The van der Waals surface area contributed by atoms with Crippen LogP contribution in [0.5, 0.6) is 0 Å². The molecule has 2 aliphatic heterocycles. The number of fused-ring (bicyclic) bond motifs is 1. The second kappa shape index (κ2) is 4.84. The van der Waals surface area contributed by atoms with Gasteiger partial charge in [0.05, 0.1) is 16.7 Å². The van der Waals surface area contributed by atoms with E-state index in [1.54, 1.807) is 21.1 Å².